The van der Waals surface area contributed by atoms with E-state index in [1.54, 1.807) is 0 Å². The molecule has 0 heterocycles. The van der Waals surface area contributed by atoms with E-state index in [4.69, 9.17) is 8.85 Å². The molecule has 104 valence electrons. The van der Waals surface area contributed by atoms with Gasteiger partial charge in [-0.25, -0.2) is 0 Å². The molecular formula is C13H31NO2Si. The highest BCUT2D eigenvalue weighted by Crippen LogP contribution is 2.06. The summed E-state index contributed by atoms with van der Waals surface area (Å²) in [6.45, 7) is 10.3. The number of hydrogen-bond donors (Lipinski definition) is 1. The standard InChI is InChI=1S/C13H31NO2Si/c1-4-7-11-14-12-9-8-10-13-17(15-5-2)16-6-3/h14,17H,4-13H2,1-3H3. The molecule has 1 N–H and O–H groups in total. The summed E-state index contributed by atoms with van der Waals surface area (Å²) >= 11 is 0. The van der Waals surface area contributed by atoms with Crippen LogP contribution >= 0.6 is 0 Å². The van der Waals surface area contributed by atoms with Crippen molar-refractivity contribution in [3.8, 4) is 0 Å². The van der Waals surface area contributed by atoms with E-state index in [9.17, 15) is 0 Å². The molecule has 0 rings (SSSR count). The third-order valence-corrected chi connectivity index (χ3v) is 5.00. The monoisotopic (exact) mass is 261 g/mol. The first-order valence-corrected chi connectivity index (χ1v) is 9.04. The highest BCUT2D eigenvalue weighted by molar-refractivity contribution is 6.44. The van der Waals surface area contributed by atoms with Crippen molar-refractivity contribution in [2.45, 2.75) is 58.9 Å². The Hall–Kier alpha value is 0.0969. The Balaban J connectivity index is 3.23. The second-order valence-corrected chi connectivity index (χ2v) is 6.40. The lowest BCUT2D eigenvalue weighted by Crippen LogP contribution is -2.22. The molecule has 0 radical (unpaired) electrons. The SMILES string of the molecule is CCCCNCCCCC[SiH](OCC)OCC. The zero-order valence-corrected chi connectivity index (χ0v) is 13.1. The second-order valence-electron chi connectivity index (χ2n) is 4.29. The molecule has 0 aliphatic rings. The molecule has 0 bridgehead atoms. The van der Waals surface area contributed by atoms with Crippen LogP contribution < -0.4 is 5.32 Å². The van der Waals surface area contributed by atoms with Crippen LogP contribution in [0.5, 0.6) is 0 Å². The molecule has 0 spiro atoms. The molecule has 17 heavy (non-hydrogen) atoms. The van der Waals surface area contributed by atoms with Crippen molar-refractivity contribution in [3.05, 3.63) is 0 Å². The van der Waals surface area contributed by atoms with Crippen molar-refractivity contribution >= 4 is 9.28 Å². The molecule has 3 nitrogen and oxygen atoms in total. The third kappa shape index (κ3) is 12.3. The van der Waals surface area contributed by atoms with E-state index < -0.39 is 9.28 Å². The van der Waals surface area contributed by atoms with Gasteiger partial charge < -0.3 is 14.2 Å². The topological polar surface area (TPSA) is 30.5 Å². The quantitative estimate of drug-likeness (QED) is 0.408. The summed E-state index contributed by atoms with van der Waals surface area (Å²) in [5.41, 5.74) is 0. The molecule has 0 atom stereocenters. The summed E-state index contributed by atoms with van der Waals surface area (Å²) in [7, 11) is -1.32. The van der Waals surface area contributed by atoms with Gasteiger partial charge in [-0.15, -0.1) is 0 Å². The van der Waals surface area contributed by atoms with Crippen molar-refractivity contribution in [3.63, 3.8) is 0 Å². The Morgan fingerprint density at radius 1 is 0.824 bits per heavy atom. The smallest absolute Gasteiger partial charge is 0.321 e. The predicted molar refractivity (Wildman–Crippen MR) is 76.8 cm³/mol. The fraction of sp³-hybridized carbons (Fsp3) is 1.00. The molecule has 0 aromatic carbocycles. The van der Waals surface area contributed by atoms with Crippen LogP contribution in [-0.4, -0.2) is 35.6 Å². The van der Waals surface area contributed by atoms with Crippen LogP contribution in [0.4, 0.5) is 0 Å². The molecule has 0 aromatic rings. The number of unbranched alkanes of at least 4 members (excludes halogenated alkanes) is 3. The highest BCUT2D eigenvalue weighted by Gasteiger charge is 2.10. The van der Waals surface area contributed by atoms with Crippen molar-refractivity contribution in [2.24, 2.45) is 0 Å². The van der Waals surface area contributed by atoms with Crippen LogP contribution in [0, 0.1) is 0 Å². The molecular weight excluding hydrogens is 230 g/mol. The van der Waals surface area contributed by atoms with Gasteiger partial charge in [-0.05, 0) is 45.8 Å². The fourth-order valence-corrected chi connectivity index (χ4v) is 3.55. The number of hydrogen-bond acceptors (Lipinski definition) is 3. The van der Waals surface area contributed by atoms with Gasteiger partial charge >= 0.3 is 9.28 Å². The van der Waals surface area contributed by atoms with E-state index in [0.29, 0.717) is 0 Å². The van der Waals surface area contributed by atoms with Crippen molar-refractivity contribution in [2.75, 3.05) is 26.3 Å². The molecule has 0 amide bonds. The summed E-state index contributed by atoms with van der Waals surface area (Å²) < 4.78 is 11.3. The van der Waals surface area contributed by atoms with Crippen molar-refractivity contribution < 1.29 is 8.85 Å². The summed E-state index contributed by atoms with van der Waals surface area (Å²) in [4.78, 5) is 0. The predicted octanol–water partition coefficient (Wildman–Crippen LogP) is 2.84. The van der Waals surface area contributed by atoms with Crippen molar-refractivity contribution in [1.29, 1.82) is 0 Å². The molecule has 0 saturated heterocycles. The average Bonchev–Trinajstić information content (AvgIpc) is 2.33. The van der Waals surface area contributed by atoms with Gasteiger partial charge in [-0.1, -0.05) is 26.2 Å². The Labute approximate surface area is 109 Å². The Bertz CT molecular complexity index is 141. The molecule has 0 aliphatic carbocycles. The summed E-state index contributed by atoms with van der Waals surface area (Å²) in [5.74, 6) is 0. The minimum Gasteiger partial charge on any atom is -0.397 e. The third-order valence-electron chi connectivity index (χ3n) is 2.71. The number of nitrogens with one attached hydrogen (secondary N) is 1. The number of rotatable bonds is 13. The molecule has 0 aliphatic heterocycles. The van der Waals surface area contributed by atoms with E-state index in [0.717, 1.165) is 25.8 Å². The Kier molecular flexibility index (Phi) is 14.2. The van der Waals surface area contributed by atoms with Crippen LogP contribution in [-0.2, 0) is 8.85 Å². The maximum absolute atomic E-state index is 5.64. The minimum absolute atomic E-state index is 0.801. The molecule has 0 saturated carbocycles. The van der Waals surface area contributed by atoms with Crippen LogP contribution in [0.25, 0.3) is 0 Å². The van der Waals surface area contributed by atoms with Gasteiger partial charge in [0.25, 0.3) is 0 Å². The molecule has 4 heteroatoms. The fourth-order valence-electron chi connectivity index (χ4n) is 1.75. The largest absolute Gasteiger partial charge is 0.397 e. The first kappa shape index (κ1) is 17.1. The molecule has 0 fully saturated rings. The Morgan fingerprint density at radius 3 is 2.06 bits per heavy atom. The summed E-state index contributed by atoms with van der Waals surface area (Å²) in [5, 5.41) is 3.47. The van der Waals surface area contributed by atoms with E-state index in [-0.39, 0.29) is 0 Å². The highest BCUT2D eigenvalue weighted by atomic mass is 28.3. The normalized spacial score (nSPS) is 11.3. The average molecular weight is 261 g/mol. The Morgan fingerprint density at radius 2 is 1.47 bits per heavy atom. The lowest BCUT2D eigenvalue weighted by atomic mass is 10.2. The summed E-state index contributed by atoms with van der Waals surface area (Å²) in [6.07, 6.45) is 6.41. The van der Waals surface area contributed by atoms with Gasteiger partial charge in [0.15, 0.2) is 0 Å². The van der Waals surface area contributed by atoms with E-state index in [2.05, 4.69) is 26.1 Å². The van der Waals surface area contributed by atoms with Crippen LogP contribution in [0.3, 0.4) is 0 Å². The maximum Gasteiger partial charge on any atom is 0.321 e. The van der Waals surface area contributed by atoms with E-state index >= 15 is 0 Å². The lowest BCUT2D eigenvalue weighted by molar-refractivity contribution is 0.212. The molecule has 0 unspecified atom stereocenters. The summed E-state index contributed by atoms with van der Waals surface area (Å²) in [6, 6.07) is 1.16. The zero-order chi connectivity index (χ0) is 12.8. The minimum atomic E-state index is -1.32. The van der Waals surface area contributed by atoms with Gasteiger partial charge in [0.05, 0.1) is 0 Å². The van der Waals surface area contributed by atoms with Gasteiger partial charge in [0.2, 0.25) is 0 Å². The lowest BCUT2D eigenvalue weighted by Gasteiger charge is -2.14. The van der Waals surface area contributed by atoms with Gasteiger partial charge in [0.1, 0.15) is 0 Å². The first-order valence-electron chi connectivity index (χ1n) is 7.29. The first-order chi connectivity index (χ1) is 8.35. The maximum atomic E-state index is 5.64. The van der Waals surface area contributed by atoms with Crippen LogP contribution in [0.15, 0.2) is 0 Å². The van der Waals surface area contributed by atoms with Crippen molar-refractivity contribution in [1.82, 2.24) is 5.32 Å². The van der Waals surface area contributed by atoms with Gasteiger partial charge in [-0.2, -0.15) is 0 Å². The zero-order valence-electron chi connectivity index (χ0n) is 12.0. The van der Waals surface area contributed by atoms with E-state index in [1.165, 1.54) is 38.6 Å². The van der Waals surface area contributed by atoms with Crippen LogP contribution in [0.2, 0.25) is 6.04 Å². The molecule has 0 aromatic heterocycles. The van der Waals surface area contributed by atoms with Crippen LogP contribution in [0.1, 0.15) is 52.9 Å². The van der Waals surface area contributed by atoms with Gasteiger partial charge in [-0.3, -0.25) is 0 Å². The second kappa shape index (κ2) is 14.2. The van der Waals surface area contributed by atoms with E-state index in [1.807, 2.05) is 0 Å². The van der Waals surface area contributed by atoms with Gasteiger partial charge in [0, 0.05) is 13.2 Å².